The summed E-state index contributed by atoms with van der Waals surface area (Å²) < 4.78 is 39.2. The van der Waals surface area contributed by atoms with Gasteiger partial charge in [0, 0.05) is 18.7 Å². The molecule has 110 valence electrons. The molecule has 20 heavy (non-hydrogen) atoms. The number of rotatable bonds is 3. The molecule has 0 radical (unpaired) electrons. The van der Waals surface area contributed by atoms with Crippen molar-refractivity contribution >= 4 is 17.7 Å². The minimum atomic E-state index is -4.39. The molecule has 1 unspecified atom stereocenters. The summed E-state index contributed by atoms with van der Waals surface area (Å²) in [4.78, 5) is 13.6. The SMILES string of the molecule is CCCC(=O)N1CCSC1c1ccccc1C(F)(F)F. The van der Waals surface area contributed by atoms with Crippen molar-refractivity contribution in [3.05, 3.63) is 35.4 Å². The average Bonchev–Trinajstić information content (AvgIpc) is 2.87. The van der Waals surface area contributed by atoms with Crippen LogP contribution in [0.2, 0.25) is 0 Å². The molecule has 1 heterocycles. The van der Waals surface area contributed by atoms with Gasteiger partial charge in [-0.1, -0.05) is 25.1 Å². The van der Waals surface area contributed by atoms with Crippen LogP contribution in [0.15, 0.2) is 24.3 Å². The number of amides is 1. The van der Waals surface area contributed by atoms with Crippen LogP contribution in [0.1, 0.15) is 36.3 Å². The van der Waals surface area contributed by atoms with E-state index in [1.807, 2.05) is 6.92 Å². The van der Waals surface area contributed by atoms with E-state index in [0.29, 0.717) is 25.1 Å². The molecule has 1 aromatic rings. The lowest BCUT2D eigenvalue weighted by molar-refractivity contribution is -0.139. The van der Waals surface area contributed by atoms with Crippen LogP contribution in [0.5, 0.6) is 0 Å². The Morgan fingerprint density at radius 3 is 2.75 bits per heavy atom. The number of carbonyl (C=O) groups is 1. The van der Waals surface area contributed by atoms with Crippen molar-refractivity contribution < 1.29 is 18.0 Å². The Hall–Kier alpha value is -1.17. The smallest absolute Gasteiger partial charge is 0.326 e. The van der Waals surface area contributed by atoms with Gasteiger partial charge in [0.1, 0.15) is 5.37 Å². The molecule has 2 rings (SSSR count). The molecule has 1 aliphatic rings. The van der Waals surface area contributed by atoms with Crippen molar-refractivity contribution in [1.29, 1.82) is 0 Å². The third kappa shape index (κ3) is 3.11. The highest BCUT2D eigenvalue weighted by Crippen LogP contribution is 2.43. The van der Waals surface area contributed by atoms with Crippen LogP contribution < -0.4 is 0 Å². The minimum Gasteiger partial charge on any atom is -0.326 e. The first kappa shape index (κ1) is 15.2. The third-order valence-electron chi connectivity index (χ3n) is 3.21. The average molecular weight is 303 g/mol. The van der Waals surface area contributed by atoms with E-state index < -0.39 is 17.1 Å². The topological polar surface area (TPSA) is 20.3 Å². The number of thioether (sulfide) groups is 1. The molecule has 1 aliphatic heterocycles. The molecule has 1 amide bonds. The predicted octanol–water partition coefficient (Wildman–Crippen LogP) is 4.08. The van der Waals surface area contributed by atoms with Crippen LogP contribution in [-0.4, -0.2) is 23.1 Å². The third-order valence-corrected chi connectivity index (χ3v) is 4.45. The van der Waals surface area contributed by atoms with Gasteiger partial charge in [-0.05, 0) is 18.1 Å². The van der Waals surface area contributed by atoms with Gasteiger partial charge in [0.2, 0.25) is 5.91 Å². The largest absolute Gasteiger partial charge is 0.416 e. The molecule has 1 fully saturated rings. The van der Waals surface area contributed by atoms with E-state index in [2.05, 4.69) is 0 Å². The number of hydrogen-bond acceptors (Lipinski definition) is 2. The van der Waals surface area contributed by atoms with Gasteiger partial charge < -0.3 is 4.90 Å². The Balaban J connectivity index is 2.33. The van der Waals surface area contributed by atoms with Crippen LogP contribution in [0.3, 0.4) is 0 Å². The summed E-state index contributed by atoms with van der Waals surface area (Å²) >= 11 is 1.39. The summed E-state index contributed by atoms with van der Waals surface area (Å²) in [5.41, 5.74) is -0.458. The van der Waals surface area contributed by atoms with E-state index in [0.717, 1.165) is 6.07 Å². The number of alkyl halides is 3. The van der Waals surface area contributed by atoms with Crippen LogP contribution in [0, 0.1) is 0 Å². The summed E-state index contributed by atoms with van der Waals surface area (Å²) in [6, 6.07) is 5.52. The zero-order chi connectivity index (χ0) is 14.8. The molecule has 0 bridgehead atoms. The summed E-state index contributed by atoms with van der Waals surface area (Å²) in [5, 5.41) is -0.521. The standard InChI is InChI=1S/C14H16F3NOS/c1-2-5-12(19)18-8-9-20-13(18)10-6-3-4-7-11(10)14(15,16)17/h3-4,6-7,13H,2,5,8-9H2,1H3. The molecule has 0 aromatic heterocycles. The monoisotopic (exact) mass is 303 g/mol. The molecule has 0 saturated carbocycles. The molecule has 0 spiro atoms. The van der Waals surface area contributed by atoms with Crippen molar-refractivity contribution in [2.45, 2.75) is 31.3 Å². The normalized spacial score (nSPS) is 19.4. The van der Waals surface area contributed by atoms with Crippen LogP contribution in [-0.2, 0) is 11.0 Å². The molecule has 6 heteroatoms. The first-order valence-electron chi connectivity index (χ1n) is 6.52. The second kappa shape index (κ2) is 6.08. The van der Waals surface area contributed by atoms with Gasteiger partial charge in [0.05, 0.1) is 5.56 Å². The van der Waals surface area contributed by atoms with Crippen molar-refractivity contribution in [2.24, 2.45) is 0 Å². The zero-order valence-corrected chi connectivity index (χ0v) is 11.9. The lowest BCUT2D eigenvalue weighted by Crippen LogP contribution is -2.31. The van der Waals surface area contributed by atoms with E-state index in [-0.39, 0.29) is 11.5 Å². The molecule has 1 aromatic carbocycles. The van der Waals surface area contributed by atoms with Crippen molar-refractivity contribution in [3.8, 4) is 0 Å². The highest BCUT2D eigenvalue weighted by atomic mass is 32.2. The second-order valence-corrected chi connectivity index (χ2v) is 5.83. The first-order chi connectivity index (χ1) is 9.45. The molecule has 0 aliphatic carbocycles. The predicted molar refractivity (Wildman–Crippen MR) is 73.3 cm³/mol. The lowest BCUT2D eigenvalue weighted by atomic mass is 10.1. The second-order valence-electron chi connectivity index (χ2n) is 4.65. The summed E-state index contributed by atoms with van der Waals surface area (Å²) in [5.74, 6) is 0.603. The molecule has 1 atom stereocenters. The molecule has 0 N–H and O–H groups in total. The van der Waals surface area contributed by atoms with Gasteiger partial charge in [-0.15, -0.1) is 11.8 Å². The number of nitrogens with zero attached hydrogens (tertiary/aromatic N) is 1. The maximum Gasteiger partial charge on any atom is 0.416 e. The Morgan fingerprint density at radius 2 is 2.10 bits per heavy atom. The van der Waals surface area contributed by atoms with Crippen LogP contribution >= 0.6 is 11.8 Å². The minimum absolute atomic E-state index is 0.0699. The molecule has 1 saturated heterocycles. The lowest BCUT2D eigenvalue weighted by Gasteiger charge is -2.26. The summed E-state index contributed by atoms with van der Waals surface area (Å²) in [7, 11) is 0. The van der Waals surface area contributed by atoms with Gasteiger partial charge in [-0.2, -0.15) is 13.2 Å². The van der Waals surface area contributed by atoms with Gasteiger partial charge >= 0.3 is 6.18 Å². The maximum atomic E-state index is 13.1. The Morgan fingerprint density at radius 1 is 1.40 bits per heavy atom. The number of benzene rings is 1. The van der Waals surface area contributed by atoms with Crippen molar-refractivity contribution in [2.75, 3.05) is 12.3 Å². The highest BCUT2D eigenvalue weighted by molar-refractivity contribution is 7.99. The molecular formula is C14H16F3NOS. The zero-order valence-electron chi connectivity index (χ0n) is 11.1. The molecular weight excluding hydrogens is 287 g/mol. The Bertz CT molecular complexity index is 490. The van der Waals surface area contributed by atoms with Gasteiger partial charge in [-0.25, -0.2) is 0 Å². The van der Waals surface area contributed by atoms with Gasteiger partial charge in [-0.3, -0.25) is 4.79 Å². The summed E-state index contributed by atoms with van der Waals surface area (Å²) in [6.07, 6.45) is -3.31. The van der Waals surface area contributed by atoms with E-state index in [1.54, 1.807) is 11.0 Å². The van der Waals surface area contributed by atoms with E-state index >= 15 is 0 Å². The van der Waals surface area contributed by atoms with Crippen molar-refractivity contribution in [3.63, 3.8) is 0 Å². The highest BCUT2D eigenvalue weighted by Gasteiger charge is 2.39. The van der Waals surface area contributed by atoms with Crippen LogP contribution in [0.25, 0.3) is 0 Å². The molecule has 2 nitrogen and oxygen atoms in total. The fraction of sp³-hybridized carbons (Fsp3) is 0.500. The quantitative estimate of drug-likeness (QED) is 0.838. The number of carbonyl (C=O) groups excluding carboxylic acids is 1. The maximum absolute atomic E-state index is 13.1. The van der Waals surface area contributed by atoms with Crippen LogP contribution in [0.4, 0.5) is 13.2 Å². The summed E-state index contributed by atoms with van der Waals surface area (Å²) in [6.45, 7) is 2.40. The fourth-order valence-corrected chi connectivity index (χ4v) is 3.62. The van der Waals surface area contributed by atoms with E-state index in [9.17, 15) is 18.0 Å². The first-order valence-corrected chi connectivity index (χ1v) is 7.57. The number of halogens is 3. The van der Waals surface area contributed by atoms with E-state index in [4.69, 9.17) is 0 Å². The van der Waals surface area contributed by atoms with Gasteiger partial charge in [0.15, 0.2) is 0 Å². The van der Waals surface area contributed by atoms with E-state index in [1.165, 1.54) is 23.9 Å². The van der Waals surface area contributed by atoms with Crippen molar-refractivity contribution in [1.82, 2.24) is 4.90 Å². The Kier molecular flexibility index (Phi) is 4.62. The van der Waals surface area contributed by atoms with Gasteiger partial charge in [0.25, 0.3) is 0 Å². The fourth-order valence-electron chi connectivity index (χ4n) is 2.31. The number of hydrogen-bond donors (Lipinski definition) is 0. The Labute approximate surface area is 120 Å².